The summed E-state index contributed by atoms with van der Waals surface area (Å²) in [6.45, 7) is 7.17. The van der Waals surface area contributed by atoms with E-state index in [2.05, 4.69) is 30.7 Å². The molecule has 39 heavy (non-hydrogen) atoms. The van der Waals surface area contributed by atoms with Gasteiger partial charge in [0.05, 0.1) is 38.9 Å². The van der Waals surface area contributed by atoms with Crippen LogP contribution < -0.4 is 5.73 Å². The van der Waals surface area contributed by atoms with E-state index in [1.807, 2.05) is 53.1 Å². The zero-order valence-corrected chi connectivity index (χ0v) is 24.1. The molecule has 3 heterocycles. The molecule has 0 amide bonds. The van der Waals surface area contributed by atoms with Crippen LogP contribution in [-0.2, 0) is 16.7 Å². The van der Waals surface area contributed by atoms with Crippen LogP contribution in [0.5, 0.6) is 0 Å². The van der Waals surface area contributed by atoms with Gasteiger partial charge in [-0.2, -0.15) is 8.42 Å². The van der Waals surface area contributed by atoms with Gasteiger partial charge in [-0.3, -0.25) is 9.12 Å². The highest BCUT2D eigenvalue weighted by Gasteiger charge is 2.22. The Balaban J connectivity index is 0.000000648. The van der Waals surface area contributed by atoms with Crippen LogP contribution in [0.2, 0.25) is 10.0 Å². The number of aromatic nitrogens is 5. The van der Waals surface area contributed by atoms with Gasteiger partial charge in [-0.1, -0.05) is 80.4 Å². The molecule has 0 saturated heterocycles. The molecule has 4 N–H and O–H groups in total. The van der Waals surface area contributed by atoms with Crippen molar-refractivity contribution < 1.29 is 13.0 Å². The van der Waals surface area contributed by atoms with Crippen LogP contribution in [0.1, 0.15) is 20.8 Å². The third-order valence-electron chi connectivity index (χ3n) is 5.46. The van der Waals surface area contributed by atoms with Crippen molar-refractivity contribution >= 4 is 50.4 Å². The van der Waals surface area contributed by atoms with Crippen molar-refractivity contribution in [1.29, 1.82) is 0 Å². The normalized spacial score (nSPS) is 11.9. The molecule has 0 aliphatic heterocycles. The highest BCUT2D eigenvalue weighted by molar-refractivity contribution is 7.85. The minimum atomic E-state index is -3.67. The summed E-state index contributed by atoms with van der Waals surface area (Å²) in [5.41, 5.74) is 11.6. The summed E-state index contributed by atoms with van der Waals surface area (Å²) in [6.07, 6.45) is 0.715. The van der Waals surface area contributed by atoms with Gasteiger partial charge in [0.25, 0.3) is 10.1 Å². The number of anilines is 1. The van der Waals surface area contributed by atoms with E-state index in [0.29, 0.717) is 40.2 Å². The fourth-order valence-corrected chi connectivity index (χ4v) is 4.57. The van der Waals surface area contributed by atoms with Gasteiger partial charge in [0, 0.05) is 12.1 Å². The van der Waals surface area contributed by atoms with E-state index < -0.39 is 10.1 Å². The SMILES string of the molecule is CC(C)(C)Cn1c(N)nc2ccc(-c3[nH]c(-c4c(Cl)cccc4Cl)nc3-c3ccccc3)nc21.CS(=O)(=O)O. The lowest BCUT2D eigenvalue weighted by atomic mass is 9.97. The summed E-state index contributed by atoms with van der Waals surface area (Å²) in [5, 5.41) is 1.04. The fraction of sp³-hybridized carbons (Fsp3) is 0.222. The largest absolute Gasteiger partial charge is 0.369 e. The number of benzene rings is 2. The maximum Gasteiger partial charge on any atom is 0.261 e. The predicted octanol–water partition coefficient (Wildman–Crippen LogP) is 6.59. The van der Waals surface area contributed by atoms with Crippen molar-refractivity contribution in [2.75, 3.05) is 12.0 Å². The Morgan fingerprint density at radius 2 is 1.56 bits per heavy atom. The fourth-order valence-electron chi connectivity index (χ4n) is 3.99. The monoisotopic (exact) mass is 586 g/mol. The van der Waals surface area contributed by atoms with Crippen molar-refractivity contribution in [3.8, 4) is 34.0 Å². The molecule has 0 fully saturated rings. The van der Waals surface area contributed by atoms with Crippen LogP contribution in [0.4, 0.5) is 5.95 Å². The molecule has 0 atom stereocenters. The molecule has 0 aliphatic carbocycles. The maximum atomic E-state index is 9.19. The maximum absolute atomic E-state index is 9.19. The number of hydrogen-bond donors (Lipinski definition) is 3. The molecule has 5 aromatic rings. The van der Waals surface area contributed by atoms with Crippen molar-refractivity contribution in [3.05, 3.63) is 70.7 Å². The third kappa shape index (κ3) is 6.96. The summed E-state index contributed by atoms with van der Waals surface area (Å²) in [7, 11) is -3.67. The number of hydrogen-bond acceptors (Lipinski definition) is 6. The zero-order chi connectivity index (χ0) is 28.5. The molecular weight excluding hydrogens is 559 g/mol. The minimum absolute atomic E-state index is 0.0105. The van der Waals surface area contributed by atoms with Crippen molar-refractivity contribution in [1.82, 2.24) is 24.5 Å². The summed E-state index contributed by atoms with van der Waals surface area (Å²) in [4.78, 5) is 17.8. The molecule has 5 rings (SSSR count). The zero-order valence-electron chi connectivity index (χ0n) is 21.8. The van der Waals surface area contributed by atoms with Crippen molar-refractivity contribution in [3.63, 3.8) is 0 Å². The number of imidazole rings is 2. The first-order chi connectivity index (χ1) is 18.2. The molecule has 204 valence electrons. The summed E-state index contributed by atoms with van der Waals surface area (Å²) in [6, 6.07) is 19.2. The second kappa shape index (κ2) is 11.0. The number of halogens is 2. The topological polar surface area (TPSA) is 140 Å². The highest BCUT2D eigenvalue weighted by Crippen LogP contribution is 2.38. The van der Waals surface area contributed by atoms with E-state index in [-0.39, 0.29) is 5.41 Å². The number of nitrogens with zero attached hydrogens (tertiary/aromatic N) is 4. The standard InChI is InChI=1S/C26H24Cl2N6.CH4O3S/c1-26(2,3)14-34-24-19(31-25(34)29)13-12-18(30-24)22-21(15-8-5-4-6-9-15)32-23(33-22)20-16(27)10-7-11-17(20)28;1-5(2,3)4/h4-13H,14H2,1-3H3,(H2,29,31)(H,32,33);1H3,(H,2,3,4). The lowest BCUT2D eigenvalue weighted by Gasteiger charge is -2.19. The molecule has 0 aliphatic rings. The van der Waals surface area contributed by atoms with Crippen LogP contribution in [0, 0.1) is 5.41 Å². The second-order valence-corrected chi connectivity index (χ2v) is 12.4. The smallest absolute Gasteiger partial charge is 0.261 e. The van der Waals surface area contributed by atoms with Gasteiger partial charge in [0.15, 0.2) is 5.65 Å². The molecular formula is C27H28Cl2N6O3S. The molecule has 9 nitrogen and oxygen atoms in total. The first kappa shape index (κ1) is 28.6. The van der Waals surface area contributed by atoms with E-state index in [1.165, 1.54) is 0 Å². The van der Waals surface area contributed by atoms with Crippen molar-refractivity contribution in [2.45, 2.75) is 27.3 Å². The van der Waals surface area contributed by atoms with Gasteiger partial charge < -0.3 is 10.7 Å². The van der Waals surface area contributed by atoms with Crippen LogP contribution >= 0.6 is 23.2 Å². The van der Waals surface area contributed by atoms with E-state index in [1.54, 1.807) is 12.1 Å². The van der Waals surface area contributed by atoms with Crippen LogP contribution in [0.3, 0.4) is 0 Å². The molecule has 0 spiro atoms. The molecule has 0 saturated carbocycles. The molecule has 0 unspecified atom stereocenters. The Bertz CT molecular complexity index is 1710. The van der Waals surface area contributed by atoms with Gasteiger partial charge in [-0.25, -0.2) is 15.0 Å². The number of aromatic amines is 1. The number of fused-ring (bicyclic) bond motifs is 1. The van der Waals surface area contributed by atoms with E-state index in [0.717, 1.165) is 33.8 Å². The Kier molecular flexibility index (Phi) is 8.04. The lowest BCUT2D eigenvalue weighted by Crippen LogP contribution is -2.17. The molecule has 12 heteroatoms. The van der Waals surface area contributed by atoms with E-state index in [9.17, 15) is 8.42 Å². The van der Waals surface area contributed by atoms with Gasteiger partial charge in [-0.05, 0) is 29.7 Å². The number of H-pyrrole nitrogens is 1. The number of pyridine rings is 1. The first-order valence-corrected chi connectivity index (χ1v) is 14.5. The molecule has 0 radical (unpaired) electrons. The van der Waals surface area contributed by atoms with Crippen LogP contribution in [0.25, 0.3) is 45.2 Å². The second-order valence-electron chi connectivity index (χ2n) is 10.2. The third-order valence-corrected chi connectivity index (χ3v) is 6.09. The molecule has 0 bridgehead atoms. The quantitative estimate of drug-likeness (QED) is 0.201. The lowest BCUT2D eigenvalue weighted by molar-refractivity contribution is 0.350. The minimum Gasteiger partial charge on any atom is -0.369 e. The number of nitrogens with one attached hydrogen (secondary N) is 1. The number of rotatable bonds is 4. The van der Waals surface area contributed by atoms with E-state index in [4.69, 9.17) is 43.5 Å². The van der Waals surface area contributed by atoms with Gasteiger partial charge >= 0.3 is 0 Å². The number of nitrogen functional groups attached to an aromatic ring is 1. The molecule has 3 aromatic heterocycles. The van der Waals surface area contributed by atoms with Gasteiger partial charge in [0.1, 0.15) is 11.3 Å². The predicted molar refractivity (Wildman–Crippen MR) is 157 cm³/mol. The van der Waals surface area contributed by atoms with Crippen LogP contribution in [0.15, 0.2) is 60.7 Å². The summed E-state index contributed by atoms with van der Waals surface area (Å²) < 4.78 is 27.8. The van der Waals surface area contributed by atoms with Gasteiger partial charge in [-0.15, -0.1) is 0 Å². The average Bonchev–Trinajstić information content (AvgIpc) is 3.39. The van der Waals surface area contributed by atoms with Gasteiger partial charge in [0.2, 0.25) is 5.95 Å². The summed E-state index contributed by atoms with van der Waals surface area (Å²) in [5.74, 6) is 1.03. The molecule has 2 aromatic carbocycles. The van der Waals surface area contributed by atoms with Crippen molar-refractivity contribution in [2.24, 2.45) is 5.41 Å². The average molecular weight is 588 g/mol. The Hall–Kier alpha value is -3.44. The Morgan fingerprint density at radius 3 is 2.15 bits per heavy atom. The van der Waals surface area contributed by atoms with Crippen LogP contribution in [-0.4, -0.2) is 43.7 Å². The Labute approximate surface area is 236 Å². The Morgan fingerprint density at radius 1 is 0.949 bits per heavy atom. The first-order valence-electron chi connectivity index (χ1n) is 11.9. The highest BCUT2D eigenvalue weighted by atomic mass is 35.5. The van der Waals surface area contributed by atoms with E-state index >= 15 is 0 Å². The number of nitrogens with two attached hydrogens (primary N) is 1. The summed E-state index contributed by atoms with van der Waals surface area (Å²) >= 11 is 13.0.